The first kappa shape index (κ1) is 16.3. The van der Waals surface area contributed by atoms with Crippen LogP contribution in [-0.2, 0) is 0 Å². The standard InChI is InChI=1S/C16H16BNO6/c1-2-18(21)16(19)14-12(23-11-6-4-3-5-7-11)8-9-13-15(14)24-17(20)10-22-13/h3-9,18,20H,2,10H2,1H3. The van der Waals surface area contributed by atoms with Crippen LogP contribution in [-0.4, -0.2) is 31.1 Å². The van der Waals surface area contributed by atoms with Crippen molar-refractivity contribution in [2.45, 2.75) is 6.92 Å². The summed E-state index contributed by atoms with van der Waals surface area (Å²) in [6.45, 7) is 1.59. The van der Waals surface area contributed by atoms with Crippen LogP contribution in [0, 0.1) is 5.21 Å². The van der Waals surface area contributed by atoms with Crippen molar-refractivity contribution in [3.05, 3.63) is 53.2 Å². The third kappa shape index (κ3) is 3.21. The molecule has 0 aliphatic carbocycles. The Labute approximate surface area is 139 Å². The zero-order valence-electron chi connectivity index (χ0n) is 13.0. The van der Waals surface area contributed by atoms with Gasteiger partial charge in [0.1, 0.15) is 18.0 Å². The molecule has 8 heteroatoms. The number of benzene rings is 2. The molecule has 2 aromatic rings. The highest BCUT2D eigenvalue weighted by Gasteiger charge is 2.34. The molecule has 0 saturated carbocycles. The molecular weight excluding hydrogens is 313 g/mol. The monoisotopic (exact) mass is 329 g/mol. The summed E-state index contributed by atoms with van der Waals surface area (Å²) in [7, 11) is -1.22. The molecule has 0 bridgehead atoms. The number of hydrogen-bond acceptors (Lipinski definition) is 6. The number of ether oxygens (including phenoxy) is 2. The van der Waals surface area contributed by atoms with E-state index in [1.165, 1.54) is 0 Å². The van der Waals surface area contributed by atoms with Crippen LogP contribution in [0.2, 0.25) is 0 Å². The van der Waals surface area contributed by atoms with Gasteiger partial charge < -0.3 is 29.4 Å². The van der Waals surface area contributed by atoms with E-state index < -0.39 is 18.1 Å². The van der Waals surface area contributed by atoms with Crippen molar-refractivity contribution in [1.82, 2.24) is 0 Å². The van der Waals surface area contributed by atoms with Crippen LogP contribution in [0.1, 0.15) is 17.3 Å². The van der Waals surface area contributed by atoms with Gasteiger partial charge in [-0.1, -0.05) is 18.2 Å². The molecule has 0 radical (unpaired) electrons. The average Bonchev–Trinajstić information content (AvgIpc) is 2.61. The number of quaternary nitrogens is 1. The number of carbonyl (C=O) groups excluding carboxylic acids is 1. The highest BCUT2D eigenvalue weighted by atomic mass is 16.6. The third-order valence-electron chi connectivity index (χ3n) is 3.49. The van der Waals surface area contributed by atoms with Gasteiger partial charge in [-0.3, -0.25) is 0 Å². The van der Waals surface area contributed by atoms with E-state index in [0.717, 1.165) is 0 Å². The molecule has 2 N–H and O–H groups in total. The molecule has 2 aromatic carbocycles. The number of fused-ring (bicyclic) bond motifs is 1. The first-order valence-corrected chi connectivity index (χ1v) is 7.55. The molecule has 24 heavy (non-hydrogen) atoms. The second-order valence-corrected chi connectivity index (χ2v) is 5.17. The number of hydroxylamine groups is 2. The van der Waals surface area contributed by atoms with Gasteiger partial charge in [0.15, 0.2) is 17.1 Å². The number of rotatable bonds is 4. The van der Waals surface area contributed by atoms with E-state index in [1.54, 1.807) is 43.3 Å². The topological polar surface area (TPSA) is 92.5 Å². The zero-order chi connectivity index (χ0) is 17.1. The quantitative estimate of drug-likeness (QED) is 0.637. The maximum Gasteiger partial charge on any atom is 0.563 e. The number of carbonyl (C=O) groups is 1. The molecule has 3 rings (SSSR count). The summed E-state index contributed by atoms with van der Waals surface area (Å²) in [6, 6.07) is 12.0. The molecule has 0 spiro atoms. The fourth-order valence-corrected chi connectivity index (χ4v) is 2.32. The fraction of sp³-hybridized carbons (Fsp3) is 0.188. The van der Waals surface area contributed by atoms with Gasteiger partial charge in [0.05, 0.1) is 6.54 Å². The Balaban J connectivity index is 2.07. The largest absolute Gasteiger partial charge is 0.626 e. The van der Waals surface area contributed by atoms with Crippen LogP contribution in [0.15, 0.2) is 42.5 Å². The molecule has 1 heterocycles. The molecule has 7 nitrogen and oxygen atoms in total. The molecule has 1 aliphatic rings. The SMILES string of the molecule is CC[NH+]([O-])C(=O)c1c(Oc2ccccc2)ccc2c1OB(O)CO2. The van der Waals surface area contributed by atoms with Gasteiger partial charge in [0.25, 0.3) is 0 Å². The summed E-state index contributed by atoms with van der Waals surface area (Å²) in [5.41, 5.74) is -0.0399. The van der Waals surface area contributed by atoms with E-state index in [0.29, 0.717) is 5.75 Å². The van der Waals surface area contributed by atoms with E-state index in [4.69, 9.17) is 14.1 Å². The molecular formula is C16H16BNO6. The minimum absolute atomic E-state index is 0.0222. The summed E-state index contributed by atoms with van der Waals surface area (Å²) >= 11 is 0. The van der Waals surface area contributed by atoms with E-state index in [2.05, 4.69) is 0 Å². The van der Waals surface area contributed by atoms with Crippen molar-refractivity contribution in [2.24, 2.45) is 0 Å². The van der Waals surface area contributed by atoms with Crippen LogP contribution in [0.25, 0.3) is 0 Å². The predicted octanol–water partition coefficient (Wildman–Crippen LogP) is 0.813. The Morgan fingerprint density at radius 3 is 2.79 bits per heavy atom. The number of hydrogen-bond donors (Lipinski definition) is 2. The summed E-state index contributed by atoms with van der Waals surface area (Å²) in [5.74, 6) is 0.247. The Morgan fingerprint density at radius 2 is 2.08 bits per heavy atom. The minimum atomic E-state index is -1.22. The lowest BCUT2D eigenvalue weighted by atomic mass is 9.91. The lowest BCUT2D eigenvalue weighted by Crippen LogP contribution is -3.09. The highest BCUT2D eigenvalue weighted by Crippen LogP contribution is 2.40. The maximum absolute atomic E-state index is 12.5. The lowest BCUT2D eigenvalue weighted by Gasteiger charge is -2.26. The maximum atomic E-state index is 12.5. The molecule has 1 unspecified atom stereocenters. The number of amides is 1. The van der Waals surface area contributed by atoms with Gasteiger partial charge in [0, 0.05) is 0 Å². The molecule has 1 amide bonds. The molecule has 1 atom stereocenters. The summed E-state index contributed by atoms with van der Waals surface area (Å²) in [4.78, 5) is 12.5. The van der Waals surface area contributed by atoms with Crippen molar-refractivity contribution in [3.8, 4) is 23.0 Å². The van der Waals surface area contributed by atoms with E-state index in [9.17, 15) is 15.0 Å². The Bertz CT molecular complexity index is 739. The fourth-order valence-electron chi connectivity index (χ4n) is 2.32. The van der Waals surface area contributed by atoms with Gasteiger partial charge in [-0.05, 0) is 31.2 Å². The van der Waals surface area contributed by atoms with E-state index in [1.807, 2.05) is 6.07 Å². The van der Waals surface area contributed by atoms with Crippen molar-refractivity contribution in [3.63, 3.8) is 0 Å². The molecule has 0 saturated heterocycles. The number of para-hydroxylation sites is 1. The van der Waals surface area contributed by atoms with Gasteiger partial charge >= 0.3 is 13.0 Å². The number of nitrogens with one attached hydrogen (secondary N) is 1. The molecule has 0 fully saturated rings. The highest BCUT2D eigenvalue weighted by molar-refractivity contribution is 6.44. The Hall–Kier alpha value is -2.55. The average molecular weight is 329 g/mol. The first-order valence-electron chi connectivity index (χ1n) is 7.55. The smallest absolute Gasteiger partial charge is 0.563 e. The van der Waals surface area contributed by atoms with E-state index >= 15 is 0 Å². The van der Waals surface area contributed by atoms with Gasteiger partial charge in [-0.25, -0.2) is 4.79 Å². The summed E-state index contributed by atoms with van der Waals surface area (Å²) in [5, 5.41) is 21.0. The first-order chi connectivity index (χ1) is 11.6. The molecule has 1 aliphatic heterocycles. The predicted molar refractivity (Wildman–Crippen MR) is 86.3 cm³/mol. The van der Waals surface area contributed by atoms with Crippen LogP contribution < -0.4 is 19.2 Å². The van der Waals surface area contributed by atoms with Crippen molar-refractivity contribution in [2.75, 3.05) is 13.1 Å². The lowest BCUT2D eigenvalue weighted by molar-refractivity contribution is -0.755. The normalized spacial score (nSPS) is 14.2. The Kier molecular flexibility index (Phi) is 4.70. The summed E-state index contributed by atoms with van der Waals surface area (Å²) in [6.07, 6.45) is 0. The minimum Gasteiger partial charge on any atom is -0.626 e. The summed E-state index contributed by atoms with van der Waals surface area (Å²) < 4.78 is 16.4. The third-order valence-corrected chi connectivity index (χ3v) is 3.49. The Morgan fingerprint density at radius 1 is 1.33 bits per heavy atom. The van der Waals surface area contributed by atoms with Gasteiger partial charge in [-0.15, -0.1) is 0 Å². The second-order valence-electron chi connectivity index (χ2n) is 5.17. The van der Waals surface area contributed by atoms with Gasteiger partial charge in [-0.2, -0.15) is 0 Å². The van der Waals surface area contributed by atoms with Crippen LogP contribution in [0.3, 0.4) is 0 Å². The van der Waals surface area contributed by atoms with Crippen molar-refractivity contribution < 1.29 is 29.0 Å². The van der Waals surface area contributed by atoms with Crippen molar-refractivity contribution >= 4 is 13.0 Å². The molecule has 124 valence electrons. The van der Waals surface area contributed by atoms with Crippen molar-refractivity contribution in [1.29, 1.82) is 0 Å². The van der Waals surface area contributed by atoms with Gasteiger partial charge in [0.2, 0.25) is 0 Å². The van der Waals surface area contributed by atoms with Crippen LogP contribution >= 0.6 is 0 Å². The molecule has 0 aromatic heterocycles. The van der Waals surface area contributed by atoms with Crippen LogP contribution in [0.5, 0.6) is 23.0 Å². The van der Waals surface area contributed by atoms with Crippen LogP contribution in [0.4, 0.5) is 0 Å². The van der Waals surface area contributed by atoms with E-state index in [-0.39, 0.29) is 35.9 Å². The second kappa shape index (κ2) is 6.92. The zero-order valence-corrected chi connectivity index (χ0v) is 13.0.